The van der Waals surface area contributed by atoms with Crippen LogP contribution in [-0.2, 0) is 13.1 Å². The van der Waals surface area contributed by atoms with Gasteiger partial charge in [-0.3, -0.25) is 4.68 Å². The molecule has 11 nitrogen and oxygen atoms in total. The van der Waals surface area contributed by atoms with Crippen LogP contribution in [0.15, 0.2) is 24.4 Å². The van der Waals surface area contributed by atoms with Crippen LogP contribution < -0.4 is 31.3 Å². The zero-order chi connectivity index (χ0) is 26.0. The number of nitrogens with zero attached hydrogens (tertiary/aromatic N) is 5. The van der Waals surface area contributed by atoms with Crippen LogP contribution in [0.5, 0.6) is 5.75 Å². The van der Waals surface area contributed by atoms with E-state index in [4.69, 9.17) is 14.7 Å². The van der Waals surface area contributed by atoms with E-state index >= 15 is 0 Å². The van der Waals surface area contributed by atoms with Gasteiger partial charge in [0.2, 0.25) is 5.95 Å². The molecule has 0 atom stereocenters. The summed E-state index contributed by atoms with van der Waals surface area (Å²) in [7, 11) is 1.68. The number of benzene rings is 1. The number of piperidine rings is 1. The highest BCUT2D eigenvalue weighted by Crippen LogP contribution is 2.28. The van der Waals surface area contributed by atoms with Gasteiger partial charge in [-0.15, -0.1) is 5.10 Å². The predicted octanol–water partition coefficient (Wildman–Crippen LogP) is 2.52. The van der Waals surface area contributed by atoms with Crippen molar-refractivity contribution in [2.75, 3.05) is 50.5 Å². The lowest BCUT2D eigenvalue weighted by Crippen LogP contribution is -2.37. The number of aromatic nitrogens is 5. The van der Waals surface area contributed by atoms with E-state index in [0.717, 1.165) is 80.3 Å². The normalized spacial score (nSPS) is 17.1. The zero-order valence-electron chi connectivity index (χ0n) is 22.5. The summed E-state index contributed by atoms with van der Waals surface area (Å²) < 4.78 is 7.33. The molecule has 11 heteroatoms. The number of ether oxygens (including phenoxy) is 1. The van der Waals surface area contributed by atoms with Crippen molar-refractivity contribution in [1.82, 2.24) is 40.9 Å². The van der Waals surface area contributed by atoms with Gasteiger partial charge in [-0.1, -0.05) is 24.5 Å². The molecule has 0 bridgehead atoms. The molecule has 206 valence electrons. The summed E-state index contributed by atoms with van der Waals surface area (Å²) in [6, 6.07) is 6.99. The van der Waals surface area contributed by atoms with Crippen LogP contribution in [0, 0.1) is 0 Å². The molecule has 3 aromatic rings. The lowest BCUT2D eigenvalue weighted by molar-refractivity contribution is 0.372. The highest BCUT2D eigenvalue weighted by molar-refractivity contribution is 5.91. The number of nitrogens with one attached hydrogen (secondary N) is 5. The quantitative estimate of drug-likeness (QED) is 0.214. The van der Waals surface area contributed by atoms with E-state index in [9.17, 15) is 0 Å². The summed E-state index contributed by atoms with van der Waals surface area (Å²) in [6.45, 7) is 6.17. The fourth-order valence-corrected chi connectivity index (χ4v) is 5.27. The Labute approximate surface area is 224 Å². The highest BCUT2D eigenvalue weighted by Gasteiger charge is 2.17. The minimum atomic E-state index is 0.380. The Hall–Kier alpha value is -3.02. The van der Waals surface area contributed by atoms with Crippen molar-refractivity contribution in [3.8, 4) is 5.75 Å². The van der Waals surface area contributed by atoms with Gasteiger partial charge in [0.1, 0.15) is 17.3 Å². The summed E-state index contributed by atoms with van der Waals surface area (Å²) in [5.41, 5.74) is 1.72. The molecule has 5 rings (SSSR count). The van der Waals surface area contributed by atoms with Crippen molar-refractivity contribution < 1.29 is 4.74 Å². The van der Waals surface area contributed by atoms with Gasteiger partial charge in [0, 0.05) is 37.1 Å². The average Bonchev–Trinajstić information content (AvgIpc) is 3.42. The second-order valence-corrected chi connectivity index (χ2v) is 10.3. The Balaban J connectivity index is 1.12. The van der Waals surface area contributed by atoms with Crippen molar-refractivity contribution >= 4 is 22.7 Å². The summed E-state index contributed by atoms with van der Waals surface area (Å²) >= 11 is 0. The van der Waals surface area contributed by atoms with Crippen molar-refractivity contribution in [3.63, 3.8) is 0 Å². The van der Waals surface area contributed by atoms with Crippen LogP contribution in [0.3, 0.4) is 0 Å². The van der Waals surface area contributed by atoms with E-state index in [0.29, 0.717) is 24.6 Å². The van der Waals surface area contributed by atoms with Crippen LogP contribution in [0.2, 0.25) is 0 Å². The van der Waals surface area contributed by atoms with E-state index in [-0.39, 0.29) is 0 Å². The van der Waals surface area contributed by atoms with Gasteiger partial charge in [0.15, 0.2) is 0 Å². The molecule has 1 aliphatic heterocycles. The van der Waals surface area contributed by atoms with Crippen molar-refractivity contribution in [2.24, 2.45) is 0 Å². The first kappa shape index (κ1) is 26.6. The van der Waals surface area contributed by atoms with E-state index in [1.54, 1.807) is 7.11 Å². The Morgan fingerprint density at radius 3 is 2.71 bits per heavy atom. The second-order valence-electron chi connectivity index (χ2n) is 10.3. The Morgan fingerprint density at radius 2 is 1.87 bits per heavy atom. The third-order valence-corrected chi connectivity index (χ3v) is 7.45. The lowest BCUT2D eigenvalue weighted by Gasteiger charge is -2.25. The number of methoxy groups -OCH3 is 1. The van der Waals surface area contributed by atoms with Crippen LogP contribution in [0.25, 0.3) is 10.9 Å². The predicted molar refractivity (Wildman–Crippen MR) is 151 cm³/mol. The minimum Gasteiger partial charge on any atom is -0.497 e. The Morgan fingerprint density at radius 1 is 1.00 bits per heavy atom. The van der Waals surface area contributed by atoms with Crippen LogP contribution in [0.1, 0.15) is 50.6 Å². The maximum atomic E-state index is 5.44. The first-order valence-corrected chi connectivity index (χ1v) is 14.2. The van der Waals surface area contributed by atoms with Crippen LogP contribution in [-0.4, -0.2) is 76.9 Å². The first-order chi connectivity index (χ1) is 18.8. The van der Waals surface area contributed by atoms with Crippen molar-refractivity contribution in [2.45, 2.75) is 70.1 Å². The van der Waals surface area contributed by atoms with Crippen molar-refractivity contribution in [1.29, 1.82) is 0 Å². The van der Waals surface area contributed by atoms with E-state index in [2.05, 4.69) is 36.9 Å². The number of rotatable bonds is 13. The average molecular weight is 523 g/mol. The maximum absolute atomic E-state index is 5.44. The fourth-order valence-electron chi connectivity index (χ4n) is 5.27. The molecule has 0 unspecified atom stereocenters. The maximum Gasteiger partial charge on any atom is 0.225 e. The number of hydrogen-bond acceptors (Lipinski definition) is 10. The molecule has 0 amide bonds. The molecular weight excluding hydrogens is 480 g/mol. The van der Waals surface area contributed by atoms with Gasteiger partial charge in [0.25, 0.3) is 0 Å². The van der Waals surface area contributed by atoms with Gasteiger partial charge < -0.3 is 31.3 Å². The Kier molecular flexibility index (Phi) is 9.57. The molecule has 1 aromatic carbocycles. The second kappa shape index (κ2) is 13.7. The molecule has 2 fully saturated rings. The zero-order valence-corrected chi connectivity index (χ0v) is 22.5. The Bertz CT molecular complexity index is 1140. The fraction of sp³-hybridized carbons (Fsp3) is 0.630. The molecule has 5 N–H and O–H groups in total. The van der Waals surface area contributed by atoms with Gasteiger partial charge in [-0.05, 0) is 57.0 Å². The molecule has 2 aromatic heterocycles. The van der Waals surface area contributed by atoms with E-state index in [1.807, 2.05) is 29.1 Å². The van der Waals surface area contributed by atoms with E-state index < -0.39 is 0 Å². The van der Waals surface area contributed by atoms with Crippen LogP contribution >= 0.6 is 0 Å². The van der Waals surface area contributed by atoms with Gasteiger partial charge in [-0.2, -0.15) is 4.98 Å². The molecule has 2 aliphatic rings. The molecule has 1 aliphatic carbocycles. The molecule has 0 radical (unpaired) electrons. The highest BCUT2D eigenvalue weighted by atomic mass is 16.5. The van der Waals surface area contributed by atoms with Crippen LogP contribution in [0.4, 0.5) is 11.8 Å². The summed E-state index contributed by atoms with van der Waals surface area (Å²) in [5.74, 6) is 2.19. The lowest BCUT2D eigenvalue weighted by atomic mass is 9.95. The SMILES string of the molecule is COc1ccc2nc(NCc3cn(CCNCCNC4CCCCC4)nn3)nc(NC3CCNCC3)c2c1. The minimum absolute atomic E-state index is 0.380. The molecule has 1 saturated carbocycles. The molecule has 1 saturated heterocycles. The largest absolute Gasteiger partial charge is 0.497 e. The van der Waals surface area contributed by atoms with Gasteiger partial charge in [0.05, 0.1) is 31.9 Å². The number of hydrogen-bond donors (Lipinski definition) is 5. The molecular formula is C27H42N10O. The number of fused-ring (bicyclic) bond motifs is 1. The molecule has 38 heavy (non-hydrogen) atoms. The smallest absolute Gasteiger partial charge is 0.225 e. The summed E-state index contributed by atoms with van der Waals surface area (Å²) in [5, 5.41) is 27.1. The standard InChI is InChI=1S/C27H42N10O/c1-38-23-7-8-25-24(17-23)26(32-21-9-11-28-12-10-21)34-27(33-25)31-18-22-19-37(36-35-22)16-15-29-13-14-30-20-5-3-2-4-6-20/h7-8,17,19-21,28-30H,2-6,9-16,18H2,1H3,(H2,31,32,33,34). The summed E-state index contributed by atoms with van der Waals surface area (Å²) in [6.07, 6.45) is 10.9. The topological polar surface area (TPSA) is 126 Å². The van der Waals surface area contributed by atoms with Gasteiger partial charge in [-0.25, -0.2) is 4.98 Å². The third kappa shape index (κ3) is 7.52. The first-order valence-electron chi connectivity index (χ1n) is 14.2. The monoisotopic (exact) mass is 522 g/mol. The summed E-state index contributed by atoms with van der Waals surface area (Å²) in [4.78, 5) is 9.56. The number of anilines is 2. The third-order valence-electron chi connectivity index (χ3n) is 7.45. The van der Waals surface area contributed by atoms with E-state index in [1.165, 1.54) is 32.1 Å². The van der Waals surface area contributed by atoms with Gasteiger partial charge >= 0.3 is 0 Å². The molecule has 0 spiro atoms. The molecule has 3 heterocycles. The van der Waals surface area contributed by atoms with Crippen molar-refractivity contribution in [3.05, 3.63) is 30.1 Å².